The Hall–Kier alpha value is -1.67. The van der Waals surface area contributed by atoms with Crippen molar-refractivity contribution in [3.8, 4) is 0 Å². The molecule has 2 heterocycles. The summed E-state index contributed by atoms with van der Waals surface area (Å²) in [5.41, 5.74) is -0.384. The van der Waals surface area contributed by atoms with Crippen LogP contribution in [0.15, 0.2) is 12.1 Å². The fourth-order valence-electron chi connectivity index (χ4n) is 2.20. The number of fused-ring (bicyclic) bond motifs is 1. The highest BCUT2D eigenvalue weighted by Crippen LogP contribution is 2.34. The molecule has 0 aromatic carbocycles. The van der Waals surface area contributed by atoms with Crippen LogP contribution in [0.25, 0.3) is 10.2 Å². The normalized spacial score (nSPS) is 13.3. The van der Waals surface area contributed by atoms with Gasteiger partial charge in [0.05, 0.1) is 11.0 Å². The van der Waals surface area contributed by atoms with Gasteiger partial charge in [0.2, 0.25) is 0 Å². The Bertz CT molecular complexity index is 713. The van der Waals surface area contributed by atoms with Crippen molar-refractivity contribution in [2.45, 2.75) is 39.0 Å². The van der Waals surface area contributed by atoms with Gasteiger partial charge < -0.3 is 10.4 Å². The molecule has 0 aliphatic heterocycles. The average Bonchev–Trinajstić information content (AvgIpc) is 2.81. The first-order valence-corrected chi connectivity index (χ1v) is 7.99. The molecule has 1 amide bonds. The fraction of sp³-hybridized carbons (Fsp3) is 0.467. The van der Waals surface area contributed by atoms with E-state index in [1.807, 2.05) is 6.92 Å². The number of nitrogens with one attached hydrogen (secondary N) is 1. The molecule has 2 aromatic heterocycles. The van der Waals surface area contributed by atoms with Gasteiger partial charge in [-0.2, -0.15) is 13.2 Å². The van der Waals surface area contributed by atoms with Crippen LogP contribution in [-0.2, 0) is 6.18 Å². The van der Waals surface area contributed by atoms with E-state index in [0.717, 1.165) is 23.8 Å². The maximum absolute atomic E-state index is 12.7. The lowest BCUT2D eigenvalue weighted by Gasteiger charge is -2.10. The number of carbonyl (C=O) groups is 1. The Morgan fingerprint density at radius 3 is 2.74 bits per heavy atom. The van der Waals surface area contributed by atoms with E-state index in [1.54, 1.807) is 6.92 Å². The van der Waals surface area contributed by atoms with E-state index >= 15 is 0 Å². The molecule has 0 fully saturated rings. The standard InChI is InChI=1S/C15H17F3N2O2S/c1-3-4-9(21)7-19-13(22)12-8(2)10-5-6-11(15(16,17)18)20-14(10)23-12/h5-6,9,21H,3-4,7H2,1-2H3,(H,19,22). The van der Waals surface area contributed by atoms with E-state index in [9.17, 15) is 23.1 Å². The van der Waals surface area contributed by atoms with Crippen LogP contribution >= 0.6 is 11.3 Å². The molecule has 2 rings (SSSR count). The van der Waals surface area contributed by atoms with Crippen LogP contribution in [-0.4, -0.2) is 28.6 Å². The molecule has 126 valence electrons. The molecule has 1 unspecified atom stereocenters. The van der Waals surface area contributed by atoms with Crippen LogP contribution in [0, 0.1) is 6.92 Å². The molecular weight excluding hydrogens is 329 g/mol. The van der Waals surface area contributed by atoms with Gasteiger partial charge in [-0.25, -0.2) is 4.98 Å². The van der Waals surface area contributed by atoms with Gasteiger partial charge in [0.1, 0.15) is 10.5 Å². The van der Waals surface area contributed by atoms with E-state index in [-0.39, 0.29) is 11.4 Å². The van der Waals surface area contributed by atoms with E-state index in [0.29, 0.717) is 22.2 Å². The first kappa shape index (κ1) is 17.7. The minimum Gasteiger partial charge on any atom is -0.391 e. The zero-order valence-electron chi connectivity index (χ0n) is 12.7. The third kappa shape index (κ3) is 4.00. The van der Waals surface area contributed by atoms with Crippen molar-refractivity contribution in [2.75, 3.05) is 6.54 Å². The number of aliphatic hydroxyl groups is 1. The number of alkyl halides is 3. The molecule has 4 nitrogen and oxygen atoms in total. The van der Waals surface area contributed by atoms with Crippen LogP contribution in [0.2, 0.25) is 0 Å². The molecule has 0 bridgehead atoms. The molecule has 0 saturated carbocycles. The predicted octanol–water partition coefficient (Wildman–Crippen LogP) is 3.51. The zero-order chi connectivity index (χ0) is 17.2. The van der Waals surface area contributed by atoms with Crippen LogP contribution in [0.4, 0.5) is 13.2 Å². The number of hydrogen-bond donors (Lipinski definition) is 2. The first-order chi connectivity index (χ1) is 10.7. The number of aromatic nitrogens is 1. The van der Waals surface area contributed by atoms with Gasteiger partial charge in [0, 0.05) is 11.9 Å². The van der Waals surface area contributed by atoms with Gasteiger partial charge in [0.25, 0.3) is 5.91 Å². The summed E-state index contributed by atoms with van der Waals surface area (Å²) < 4.78 is 38.1. The number of thiophene rings is 1. The third-order valence-corrected chi connectivity index (χ3v) is 4.62. The van der Waals surface area contributed by atoms with Crippen molar-refractivity contribution in [1.82, 2.24) is 10.3 Å². The number of halogens is 3. The number of pyridine rings is 1. The van der Waals surface area contributed by atoms with E-state index in [1.165, 1.54) is 6.07 Å². The molecule has 0 aliphatic carbocycles. The van der Waals surface area contributed by atoms with Gasteiger partial charge in [0.15, 0.2) is 0 Å². The SMILES string of the molecule is CCCC(O)CNC(=O)c1sc2nc(C(F)(F)F)ccc2c1C. The van der Waals surface area contributed by atoms with Crippen molar-refractivity contribution in [1.29, 1.82) is 0 Å². The van der Waals surface area contributed by atoms with Crippen LogP contribution in [0.1, 0.15) is 40.7 Å². The second-order valence-electron chi connectivity index (χ2n) is 5.26. The minimum absolute atomic E-state index is 0.113. The van der Waals surface area contributed by atoms with Gasteiger partial charge in [-0.15, -0.1) is 11.3 Å². The lowest BCUT2D eigenvalue weighted by Crippen LogP contribution is -2.31. The topological polar surface area (TPSA) is 62.2 Å². The molecule has 0 spiro atoms. The summed E-state index contributed by atoms with van der Waals surface area (Å²) in [5, 5.41) is 12.8. The van der Waals surface area contributed by atoms with Crippen LogP contribution in [0.5, 0.6) is 0 Å². The smallest absolute Gasteiger partial charge is 0.391 e. The Morgan fingerprint density at radius 1 is 1.43 bits per heavy atom. The Morgan fingerprint density at radius 2 is 2.13 bits per heavy atom. The summed E-state index contributed by atoms with van der Waals surface area (Å²) in [4.78, 5) is 16.3. The van der Waals surface area contributed by atoms with Crippen molar-refractivity contribution < 1.29 is 23.1 Å². The predicted molar refractivity (Wildman–Crippen MR) is 82.6 cm³/mol. The van der Waals surface area contributed by atoms with Crippen molar-refractivity contribution in [2.24, 2.45) is 0 Å². The van der Waals surface area contributed by atoms with Crippen molar-refractivity contribution in [3.63, 3.8) is 0 Å². The van der Waals surface area contributed by atoms with Gasteiger partial charge in [-0.1, -0.05) is 13.3 Å². The number of rotatable bonds is 5. The molecule has 0 radical (unpaired) electrons. The number of hydrogen-bond acceptors (Lipinski definition) is 4. The lowest BCUT2D eigenvalue weighted by atomic mass is 10.1. The second kappa shape index (κ2) is 6.84. The quantitative estimate of drug-likeness (QED) is 0.871. The van der Waals surface area contributed by atoms with Crippen LogP contribution < -0.4 is 5.32 Å². The number of aryl methyl sites for hydroxylation is 1. The van der Waals surface area contributed by atoms with Gasteiger partial charge in [-0.3, -0.25) is 4.79 Å². The molecule has 1 atom stereocenters. The molecule has 0 aliphatic rings. The second-order valence-corrected chi connectivity index (χ2v) is 6.25. The Balaban J connectivity index is 2.24. The molecule has 2 N–H and O–H groups in total. The summed E-state index contributed by atoms with van der Waals surface area (Å²) in [6, 6.07) is 2.24. The van der Waals surface area contributed by atoms with E-state index in [4.69, 9.17) is 0 Å². The van der Waals surface area contributed by atoms with E-state index in [2.05, 4.69) is 10.3 Å². The Labute approximate surface area is 135 Å². The third-order valence-electron chi connectivity index (χ3n) is 3.42. The highest BCUT2D eigenvalue weighted by atomic mass is 32.1. The summed E-state index contributed by atoms with van der Waals surface area (Å²) in [6.07, 6.45) is -3.78. The van der Waals surface area contributed by atoms with Gasteiger partial charge in [-0.05, 0) is 31.0 Å². The average molecular weight is 346 g/mol. The molecule has 0 saturated heterocycles. The first-order valence-electron chi connectivity index (χ1n) is 7.17. The monoisotopic (exact) mass is 346 g/mol. The molecule has 23 heavy (non-hydrogen) atoms. The molecule has 8 heteroatoms. The summed E-state index contributed by atoms with van der Waals surface area (Å²) >= 11 is 0.923. The highest BCUT2D eigenvalue weighted by Gasteiger charge is 2.33. The Kier molecular flexibility index (Phi) is 5.26. The van der Waals surface area contributed by atoms with Crippen molar-refractivity contribution in [3.05, 3.63) is 28.3 Å². The van der Waals surface area contributed by atoms with Crippen LogP contribution in [0.3, 0.4) is 0 Å². The molecular formula is C15H17F3N2O2S. The number of nitrogens with zero attached hydrogens (tertiary/aromatic N) is 1. The number of aliphatic hydroxyl groups excluding tert-OH is 1. The van der Waals surface area contributed by atoms with Crippen molar-refractivity contribution >= 4 is 27.5 Å². The summed E-state index contributed by atoms with van der Waals surface area (Å²) in [6.45, 7) is 3.71. The van der Waals surface area contributed by atoms with Gasteiger partial charge >= 0.3 is 6.18 Å². The summed E-state index contributed by atoms with van der Waals surface area (Å²) in [7, 11) is 0. The minimum atomic E-state index is -4.52. The molecule has 2 aromatic rings. The maximum Gasteiger partial charge on any atom is 0.433 e. The number of amides is 1. The van der Waals surface area contributed by atoms with E-state index < -0.39 is 23.9 Å². The lowest BCUT2D eigenvalue weighted by molar-refractivity contribution is -0.140. The highest BCUT2D eigenvalue weighted by molar-refractivity contribution is 7.20. The summed E-state index contributed by atoms with van der Waals surface area (Å²) in [5.74, 6) is -0.408. The largest absolute Gasteiger partial charge is 0.433 e. The fourth-order valence-corrected chi connectivity index (χ4v) is 3.30. The maximum atomic E-state index is 12.7. The number of carbonyl (C=O) groups excluding carboxylic acids is 1. The zero-order valence-corrected chi connectivity index (χ0v) is 13.5.